The number of hydrogen-bond acceptors (Lipinski definition) is 6. The van der Waals surface area contributed by atoms with E-state index < -0.39 is 11.3 Å². The maximum Gasteiger partial charge on any atom is 0.319 e. The molecule has 0 unspecified atom stereocenters. The van der Waals surface area contributed by atoms with Gasteiger partial charge in [0.15, 0.2) is 0 Å². The van der Waals surface area contributed by atoms with Gasteiger partial charge in [-0.2, -0.15) is 0 Å². The number of urea groups is 1. The van der Waals surface area contributed by atoms with Crippen LogP contribution in [-0.2, 0) is 13.1 Å². The second-order valence-corrected chi connectivity index (χ2v) is 8.11. The molecule has 184 valence electrons. The van der Waals surface area contributed by atoms with Crippen molar-refractivity contribution >= 4 is 40.2 Å². The van der Waals surface area contributed by atoms with E-state index in [1.165, 1.54) is 7.05 Å². The normalized spacial score (nSPS) is 10.7. The molecule has 4 rings (SSSR count). The number of aryl methyl sites for hydroxylation is 1. The Hall–Kier alpha value is -4.86. The van der Waals surface area contributed by atoms with E-state index in [1.54, 1.807) is 41.0 Å². The third-order valence-electron chi connectivity index (χ3n) is 5.76. The first kappa shape index (κ1) is 24.3. The van der Waals surface area contributed by atoms with Gasteiger partial charge in [0.25, 0.3) is 5.91 Å². The number of pyridine rings is 2. The first-order valence-electron chi connectivity index (χ1n) is 11.4. The zero-order chi connectivity index (χ0) is 25.8. The molecule has 0 fully saturated rings. The highest BCUT2D eigenvalue weighted by atomic mass is 16.2. The number of hydrogen-bond donors (Lipinski definition) is 5. The summed E-state index contributed by atoms with van der Waals surface area (Å²) in [6.07, 6.45) is 0. The fourth-order valence-electron chi connectivity index (χ4n) is 3.94. The fraction of sp³-hybridized carbons (Fsp3) is 0.154. The first-order valence-corrected chi connectivity index (χ1v) is 11.4. The second kappa shape index (κ2) is 10.2. The van der Waals surface area contributed by atoms with E-state index in [0.717, 1.165) is 11.1 Å². The van der Waals surface area contributed by atoms with Crippen molar-refractivity contribution in [3.05, 3.63) is 82.0 Å². The van der Waals surface area contributed by atoms with E-state index in [0.29, 0.717) is 41.2 Å². The number of benzene rings is 2. The van der Waals surface area contributed by atoms with Crippen molar-refractivity contribution in [3.8, 4) is 11.3 Å². The van der Waals surface area contributed by atoms with Crippen LogP contribution in [0.4, 0.5) is 22.0 Å². The summed E-state index contributed by atoms with van der Waals surface area (Å²) >= 11 is 0. The van der Waals surface area contributed by atoms with Gasteiger partial charge in [0.2, 0.25) is 5.43 Å². The highest BCUT2D eigenvalue weighted by Crippen LogP contribution is 2.24. The molecule has 2 aromatic heterocycles. The largest absolute Gasteiger partial charge is 0.399 e. The fourth-order valence-corrected chi connectivity index (χ4v) is 3.94. The van der Waals surface area contributed by atoms with Crippen LogP contribution >= 0.6 is 0 Å². The van der Waals surface area contributed by atoms with Crippen molar-refractivity contribution in [2.24, 2.45) is 0 Å². The SMILES string of the molecule is CCn1c(N)c(C(=O)NC)c(=O)c2ccc(-c3ccc(NC(=O)NCc4cccc(N)c4)cc3)nc21. The van der Waals surface area contributed by atoms with Crippen molar-refractivity contribution in [2.75, 3.05) is 23.8 Å². The van der Waals surface area contributed by atoms with Gasteiger partial charge in [0.05, 0.1) is 11.1 Å². The Balaban J connectivity index is 1.55. The smallest absolute Gasteiger partial charge is 0.319 e. The van der Waals surface area contributed by atoms with Gasteiger partial charge in [-0.15, -0.1) is 0 Å². The van der Waals surface area contributed by atoms with E-state index in [-0.39, 0.29) is 17.4 Å². The summed E-state index contributed by atoms with van der Waals surface area (Å²) < 4.78 is 1.64. The molecular formula is C26H27N7O3. The number of anilines is 3. The second-order valence-electron chi connectivity index (χ2n) is 8.11. The molecule has 0 saturated heterocycles. The van der Waals surface area contributed by atoms with E-state index in [2.05, 4.69) is 20.9 Å². The third-order valence-corrected chi connectivity index (χ3v) is 5.76. The van der Waals surface area contributed by atoms with Crippen LogP contribution in [0.1, 0.15) is 22.8 Å². The van der Waals surface area contributed by atoms with Crippen molar-refractivity contribution in [1.82, 2.24) is 20.2 Å². The average Bonchev–Trinajstić information content (AvgIpc) is 2.88. The van der Waals surface area contributed by atoms with Gasteiger partial charge in [-0.05, 0) is 48.9 Å². The van der Waals surface area contributed by atoms with Gasteiger partial charge in [-0.1, -0.05) is 24.3 Å². The number of nitrogens with zero attached hydrogens (tertiary/aromatic N) is 2. The molecule has 4 aromatic rings. The van der Waals surface area contributed by atoms with Gasteiger partial charge in [0.1, 0.15) is 17.0 Å². The molecule has 2 heterocycles. The molecule has 0 bridgehead atoms. The van der Waals surface area contributed by atoms with E-state index in [1.807, 2.05) is 31.2 Å². The van der Waals surface area contributed by atoms with Crippen LogP contribution < -0.4 is 32.8 Å². The lowest BCUT2D eigenvalue weighted by molar-refractivity contribution is 0.0962. The quantitative estimate of drug-likeness (QED) is 0.264. The minimum absolute atomic E-state index is 0.0720. The maximum absolute atomic E-state index is 12.9. The lowest BCUT2D eigenvalue weighted by atomic mass is 10.1. The Morgan fingerprint density at radius 3 is 2.44 bits per heavy atom. The van der Waals surface area contributed by atoms with Crippen molar-refractivity contribution in [2.45, 2.75) is 20.0 Å². The number of nitrogens with two attached hydrogens (primary N) is 2. The minimum Gasteiger partial charge on any atom is -0.399 e. The number of nitrogens with one attached hydrogen (secondary N) is 3. The highest BCUT2D eigenvalue weighted by Gasteiger charge is 2.20. The van der Waals surface area contributed by atoms with Crippen LogP contribution in [-0.4, -0.2) is 28.5 Å². The van der Waals surface area contributed by atoms with Gasteiger partial charge in [-0.25, -0.2) is 9.78 Å². The molecule has 7 N–H and O–H groups in total. The van der Waals surface area contributed by atoms with E-state index >= 15 is 0 Å². The van der Waals surface area contributed by atoms with Gasteiger partial charge >= 0.3 is 6.03 Å². The molecule has 10 nitrogen and oxygen atoms in total. The number of carbonyl (C=O) groups is 2. The monoisotopic (exact) mass is 485 g/mol. The molecule has 10 heteroatoms. The van der Waals surface area contributed by atoms with Gasteiger partial charge in [0, 0.05) is 37.1 Å². The van der Waals surface area contributed by atoms with Crippen molar-refractivity contribution in [1.29, 1.82) is 0 Å². The topological polar surface area (TPSA) is 157 Å². The number of aromatic nitrogens is 2. The van der Waals surface area contributed by atoms with Crippen LogP contribution in [0.5, 0.6) is 0 Å². The highest BCUT2D eigenvalue weighted by molar-refractivity contribution is 6.01. The Morgan fingerprint density at radius 1 is 1.03 bits per heavy atom. The van der Waals surface area contributed by atoms with E-state index in [4.69, 9.17) is 11.5 Å². The number of carbonyl (C=O) groups excluding carboxylic acids is 2. The van der Waals surface area contributed by atoms with Gasteiger partial charge < -0.3 is 32.0 Å². The summed E-state index contributed by atoms with van der Waals surface area (Å²) in [6, 6.07) is 17.5. The molecule has 0 saturated carbocycles. The summed E-state index contributed by atoms with van der Waals surface area (Å²) in [6.45, 7) is 2.64. The maximum atomic E-state index is 12.9. The molecule has 3 amide bonds. The van der Waals surface area contributed by atoms with Crippen LogP contribution in [0, 0.1) is 0 Å². The molecule has 0 aliphatic rings. The van der Waals surface area contributed by atoms with Crippen LogP contribution in [0.2, 0.25) is 0 Å². The molecule has 0 radical (unpaired) electrons. The lowest BCUT2D eigenvalue weighted by Gasteiger charge is -2.15. The lowest BCUT2D eigenvalue weighted by Crippen LogP contribution is -2.30. The standard InChI is InChI=1S/C26H27N7O3/c1-3-33-23(28)21(25(35)29-2)22(34)19-11-12-20(32-24(19)33)16-7-9-18(10-8-16)31-26(36)30-14-15-5-4-6-17(27)13-15/h4-13H,3,14,27-28H2,1-2H3,(H,29,35)(H2,30,31,36). The van der Waals surface area contributed by atoms with Crippen molar-refractivity contribution in [3.63, 3.8) is 0 Å². The number of amides is 3. The number of nitrogen functional groups attached to an aromatic ring is 2. The average molecular weight is 486 g/mol. The van der Waals surface area contributed by atoms with Crippen LogP contribution in [0.25, 0.3) is 22.3 Å². The number of fused-ring (bicyclic) bond motifs is 1. The van der Waals surface area contributed by atoms with Crippen molar-refractivity contribution < 1.29 is 9.59 Å². The summed E-state index contributed by atoms with van der Waals surface area (Å²) in [5.41, 5.74) is 15.3. The Morgan fingerprint density at radius 2 is 1.78 bits per heavy atom. The molecule has 0 atom stereocenters. The van der Waals surface area contributed by atoms with Crippen LogP contribution in [0.15, 0.2) is 65.5 Å². The van der Waals surface area contributed by atoms with Gasteiger partial charge in [-0.3, -0.25) is 9.59 Å². The number of rotatable bonds is 6. The molecular weight excluding hydrogens is 458 g/mol. The predicted molar refractivity (Wildman–Crippen MR) is 142 cm³/mol. The Kier molecular flexibility index (Phi) is 6.86. The summed E-state index contributed by atoms with van der Waals surface area (Å²) in [5, 5.41) is 8.35. The van der Waals surface area contributed by atoms with Crippen LogP contribution in [0.3, 0.4) is 0 Å². The Labute approximate surface area is 207 Å². The summed E-state index contributed by atoms with van der Waals surface area (Å²) in [7, 11) is 1.45. The third kappa shape index (κ3) is 4.83. The minimum atomic E-state index is -0.536. The molecule has 0 aliphatic heterocycles. The predicted octanol–water partition coefficient (Wildman–Crippen LogP) is 2.93. The Bertz CT molecular complexity index is 1510. The summed E-state index contributed by atoms with van der Waals surface area (Å²) in [4.78, 5) is 42.1. The zero-order valence-electron chi connectivity index (χ0n) is 20.0. The molecule has 2 aromatic carbocycles. The van der Waals surface area contributed by atoms with E-state index in [9.17, 15) is 14.4 Å². The summed E-state index contributed by atoms with van der Waals surface area (Å²) in [5.74, 6) is -0.464. The molecule has 0 aliphatic carbocycles. The first-order chi connectivity index (χ1) is 17.3. The molecule has 0 spiro atoms. The molecule has 36 heavy (non-hydrogen) atoms. The zero-order valence-corrected chi connectivity index (χ0v) is 20.0.